The molecule has 0 aliphatic carbocycles. The Kier molecular flexibility index (Phi) is 8.30. The maximum atomic E-state index is 12.5. The number of amides is 2. The molecule has 32 heavy (non-hydrogen) atoms. The maximum absolute atomic E-state index is 12.5. The molecule has 1 aromatic heterocycles. The number of hydrogen-bond acceptors (Lipinski definition) is 5. The molecule has 0 radical (unpaired) electrons. The topological polar surface area (TPSA) is 88.9 Å². The lowest BCUT2D eigenvalue weighted by atomic mass is 10.1. The number of rotatable bonds is 9. The van der Waals surface area contributed by atoms with Crippen molar-refractivity contribution in [2.75, 3.05) is 5.75 Å². The Hall–Kier alpha value is -2.84. The summed E-state index contributed by atoms with van der Waals surface area (Å²) in [7, 11) is 0. The smallest absolute Gasteiger partial charge is 0.251 e. The highest BCUT2D eigenvalue weighted by Gasteiger charge is 2.20. The first-order chi connectivity index (χ1) is 15.4. The van der Waals surface area contributed by atoms with Crippen molar-refractivity contribution in [2.45, 2.75) is 44.6 Å². The number of hydrogen-bond donors (Lipinski definition) is 2. The molecule has 3 aromatic rings. The Morgan fingerprint density at radius 2 is 1.69 bits per heavy atom. The normalized spacial score (nSPS) is 12.8. The van der Waals surface area contributed by atoms with Crippen LogP contribution in [0.2, 0.25) is 5.02 Å². The van der Waals surface area contributed by atoms with Crippen LogP contribution in [0.3, 0.4) is 0 Å². The third-order valence-corrected chi connectivity index (χ3v) is 6.13. The zero-order valence-electron chi connectivity index (χ0n) is 18.2. The van der Waals surface area contributed by atoms with Crippen molar-refractivity contribution >= 4 is 35.2 Å². The second-order valence-corrected chi connectivity index (χ2v) is 8.65. The number of thioether (sulfide) groups is 1. The molecule has 0 fully saturated rings. The predicted octanol–water partition coefficient (Wildman–Crippen LogP) is 4.41. The van der Waals surface area contributed by atoms with E-state index < -0.39 is 0 Å². The summed E-state index contributed by atoms with van der Waals surface area (Å²) in [6.07, 6.45) is 0. The number of nitrogens with one attached hydrogen (secondary N) is 2. The van der Waals surface area contributed by atoms with E-state index in [9.17, 15) is 9.59 Å². The molecule has 2 aromatic carbocycles. The Bertz CT molecular complexity index is 1060. The molecule has 2 amide bonds. The van der Waals surface area contributed by atoms with Crippen LogP contribution < -0.4 is 10.6 Å². The summed E-state index contributed by atoms with van der Waals surface area (Å²) in [6.45, 7) is 6.40. The minimum atomic E-state index is -0.355. The number of benzene rings is 2. The van der Waals surface area contributed by atoms with Crippen LogP contribution in [0.5, 0.6) is 0 Å². The molecule has 0 saturated heterocycles. The lowest BCUT2D eigenvalue weighted by Crippen LogP contribution is -2.29. The lowest BCUT2D eigenvalue weighted by molar-refractivity contribution is -0.119. The highest BCUT2D eigenvalue weighted by atomic mass is 35.5. The van der Waals surface area contributed by atoms with Crippen LogP contribution in [0.25, 0.3) is 0 Å². The molecule has 0 saturated carbocycles. The van der Waals surface area contributed by atoms with Crippen LogP contribution >= 0.6 is 23.4 Å². The average Bonchev–Trinajstić information content (AvgIpc) is 3.21. The van der Waals surface area contributed by atoms with Crippen LogP contribution in [0.1, 0.15) is 54.6 Å². The van der Waals surface area contributed by atoms with Crippen molar-refractivity contribution in [2.24, 2.45) is 0 Å². The number of halogens is 1. The minimum Gasteiger partial charge on any atom is -0.349 e. The van der Waals surface area contributed by atoms with E-state index in [1.54, 1.807) is 24.3 Å². The predicted molar refractivity (Wildman–Crippen MR) is 127 cm³/mol. The summed E-state index contributed by atoms with van der Waals surface area (Å²) in [5, 5.41) is 15.6. The van der Waals surface area contributed by atoms with Gasteiger partial charge in [-0.25, -0.2) is 0 Å². The third-order valence-electron chi connectivity index (χ3n) is 4.91. The molecule has 3 rings (SSSR count). The number of aromatic nitrogens is 3. The summed E-state index contributed by atoms with van der Waals surface area (Å²) in [4.78, 5) is 24.9. The molecule has 0 bridgehead atoms. The van der Waals surface area contributed by atoms with E-state index in [1.165, 1.54) is 11.8 Å². The minimum absolute atomic E-state index is 0.0768. The van der Waals surface area contributed by atoms with E-state index in [0.717, 1.165) is 5.56 Å². The molecule has 7 nitrogen and oxygen atoms in total. The molecule has 2 N–H and O–H groups in total. The summed E-state index contributed by atoms with van der Waals surface area (Å²) < 4.78 is 1.91. The van der Waals surface area contributed by atoms with Gasteiger partial charge in [0.15, 0.2) is 11.0 Å². The first-order valence-electron chi connectivity index (χ1n) is 10.4. The van der Waals surface area contributed by atoms with Crippen molar-refractivity contribution in [3.8, 4) is 0 Å². The summed E-state index contributed by atoms with van der Waals surface area (Å²) in [5.41, 5.74) is 1.57. The van der Waals surface area contributed by atoms with E-state index >= 15 is 0 Å². The fourth-order valence-corrected chi connectivity index (χ4v) is 4.15. The van der Waals surface area contributed by atoms with Crippen LogP contribution in [-0.4, -0.2) is 32.3 Å². The third kappa shape index (κ3) is 6.11. The average molecular weight is 472 g/mol. The zero-order valence-corrected chi connectivity index (χ0v) is 19.8. The van der Waals surface area contributed by atoms with Gasteiger partial charge >= 0.3 is 0 Å². The van der Waals surface area contributed by atoms with Crippen molar-refractivity contribution in [1.29, 1.82) is 0 Å². The number of carbonyl (C=O) groups excluding carboxylic acids is 2. The van der Waals surface area contributed by atoms with Crippen molar-refractivity contribution < 1.29 is 9.59 Å². The first kappa shape index (κ1) is 23.8. The molecule has 0 aliphatic rings. The van der Waals surface area contributed by atoms with Gasteiger partial charge in [0.25, 0.3) is 5.91 Å². The molecule has 2 atom stereocenters. The second kappa shape index (κ2) is 11.2. The highest BCUT2D eigenvalue weighted by Crippen LogP contribution is 2.21. The standard InChI is InChI=1S/C23H26ClN5O2S/c1-4-29-21(16(3)26-22(31)18-10-12-19(24)13-11-18)27-28-23(29)32-14-20(30)25-15(2)17-8-6-5-7-9-17/h5-13,15-16H,4,14H2,1-3H3,(H,25,30)(H,26,31)/t15-,16+/m0/s1. The van der Waals surface area contributed by atoms with Gasteiger partial charge in [-0.1, -0.05) is 53.7 Å². The van der Waals surface area contributed by atoms with E-state index in [4.69, 9.17) is 11.6 Å². The molecule has 9 heteroatoms. The Balaban J connectivity index is 1.59. The van der Waals surface area contributed by atoms with Gasteiger partial charge in [-0.15, -0.1) is 10.2 Å². The van der Waals surface area contributed by atoms with Gasteiger partial charge in [0.05, 0.1) is 17.8 Å². The van der Waals surface area contributed by atoms with Gasteiger partial charge in [-0.2, -0.15) is 0 Å². The lowest BCUT2D eigenvalue weighted by Gasteiger charge is -2.16. The second-order valence-electron chi connectivity index (χ2n) is 7.28. The molecular weight excluding hydrogens is 446 g/mol. The fraction of sp³-hybridized carbons (Fsp3) is 0.304. The van der Waals surface area contributed by atoms with Crippen molar-refractivity contribution in [1.82, 2.24) is 25.4 Å². The summed E-state index contributed by atoms with van der Waals surface area (Å²) in [5.74, 6) is 0.558. The molecule has 0 aliphatic heterocycles. The highest BCUT2D eigenvalue weighted by molar-refractivity contribution is 7.99. The SMILES string of the molecule is CCn1c(SCC(=O)N[C@@H](C)c2ccccc2)nnc1[C@@H](C)NC(=O)c1ccc(Cl)cc1. The quantitative estimate of drug-likeness (QED) is 0.451. The molecule has 0 unspecified atom stereocenters. The van der Waals surface area contributed by atoms with Gasteiger partial charge in [-0.3, -0.25) is 9.59 Å². The monoisotopic (exact) mass is 471 g/mol. The fourth-order valence-electron chi connectivity index (χ4n) is 3.21. The van der Waals surface area contributed by atoms with Gasteiger partial charge in [-0.05, 0) is 50.6 Å². The van der Waals surface area contributed by atoms with E-state index in [2.05, 4.69) is 20.8 Å². The largest absolute Gasteiger partial charge is 0.349 e. The Morgan fingerprint density at radius 3 is 2.34 bits per heavy atom. The first-order valence-corrected chi connectivity index (χ1v) is 11.7. The van der Waals surface area contributed by atoms with Gasteiger partial charge in [0.2, 0.25) is 5.91 Å². The van der Waals surface area contributed by atoms with E-state index in [-0.39, 0.29) is 29.7 Å². The number of nitrogens with zero attached hydrogens (tertiary/aromatic N) is 3. The van der Waals surface area contributed by atoms with Crippen LogP contribution in [0.15, 0.2) is 59.8 Å². The van der Waals surface area contributed by atoms with Crippen LogP contribution in [0, 0.1) is 0 Å². The van der Waals surface area contributed by atoms with Gasteiger partial charge < -0.3 is 15.2 Å². The van der Waals surface area contributed by atoms with Crippen LogP contribution in [-0.2, 0) is 11.3 Å². The molecular formula is C23H26ClN5O2S. The molecule has 1 heterocycles. The maximum Gasteiger partial charge on any atom is 0.251 e. The van der Waals surface area contributed by atoms with Crippen molar-refractivity contribution in [3.63, 3.8) is 0 Å². The Morgan fingerprint density at radius 1 is 1.00 bits per heavy atom. The summed E-state index contributed by atoms with van der Waals surface area (Å²) >= 11 is 7.21. The van der Waals surface area contributed by atoms with Crippen molar-refractivity contribution in [3.05, 3.63) is 76.6 Å². The zero-order chi connectivity index (χ0) is 23.1. The van der Waals surface area contributed by atoms with E-state index in [0.29, 0.717) is 28.1 Å². The molecule has 0 spiro atoms. The van der Waals surface area contributed by atoms with E-state index in [1.807, 2.05) is 55.7 Å². The number of carbonyl (C=O) groups is 2. The van der Waals surface area contributed by atoms with Gasteiger partial charge in [0.1, 0.15) is 0 Å². The summed E-state index contributed by atoms with van der Waals surface area (Å²) in [6, 6.07) is 16.1. The van der Waals surface area contributed by atoms with Gasteiger partial charge in [0, 0.05) is 17.1 Å². The van der Waals surface area contributed by atoms with Crippen LogP contribution in [0.4, 0.5) is 0 Å². The Labute approximate surface area is 197 Å². The molecule has 168 valence electrons.